The van der Waals surface area contributed by atoms with Gasteiger partial charge in [-0.25, -0.2) is 0 Å². The molecule has 0 saturated heterocycles. The van der Waals surface area contributed by atoms with E-state index in [1.165, 1.54) is 0 Å². The Hall–Kier alpha value is -0.497. The number of thiophene rings is 2. The molecule has 0 N–H and O–H groups in total. The van der Waals surface area contributed by atoms with Gasteiger partial charge in [0.2, 0.25) is 0 Å². The molecule has 0 atom stereocenters. The van der Waals surface area contributed by atoms with Crippen molar-refractivity contribution in [2.75, 3.05) is 0 Å². The predicted molar refractivity (Wildman–Crippen MR) is 78.7 cm³/mol. The summed E-state index contributed by atoms with van der Waals surface area (Å²) >= 11 is 2.05. The van der Waals surface area contributed by atoms with Gasteiger partial charge in [0.15, 0.2) is 0 Å². The van der Waals surface area contributed by atoms with Crippen LogP contribution in [0.4, 0.5) is 0 Å². The van der Waals surface area contributed by atoms with Crippen molar-refractivity contribution in [2.24, 2.45) is 0 Å². The third-order valence-electron chi connectivity index (χ3n) is 2.99. The van der Waals surface area contributed by atoms with E-state index in [1.54, 1.807) is 19.6 Å². The van der Waals surface area contributed by atoms with Gasteiger partial charge in [-0.2, -0.15) is 0 Å². The van der Waals surface area contributed by atoms with Crippen LogP contribution in [-0.2, 0) is 0 Å². The molecule has 2 aromatic heterocycles. The summed E-state index contributed by atoms with van der Waals surface area (Å²) < 4.78 is 5.02. The van der Waals surface area contributed by atoms with E-state index in [1.807, 2.05) is 22.7 Å². The Morgan fingerprint density at radius 3 is 2.53 bits per heavy atom. The van der Waals surface area contributed by atoms with Gasteiger partial charge >= 0.3 is 117 Å². The third kappa shape index (κ3) is 1.49. The molecule has 3 heteroatoms. The molecule has 17 heavy (non-hydrogen) atoms. The van der Waals surface area contributed by atoms with E-state index in [0.29, 0.717) is 0 Å². The van der Waals surface area contributed by atoms with E-state index in [-0.39, 0.29) is 0 Å². The van der Waals surface area contributed by atoms with Crippen molar-refractivity contribution in [1.29, 1.82) is 0 Å². The molecular weight excluding hydrogens is 441 g/mol. The van der Waals surface area contributed by atoms with Crippen LogP contribution in [0.2, 0.25) is 0 Å². The van der Waals surface area contributed by atoms with Gasteiger partial charge in [0.25, 0.3) is 0 Å². The second-order valence-corrected chi connectivity index (χ2v) is 15.2. The van der Waals surface area contributed by atoms with E-state index in [0.717, 1.165) is 0 Å². The Balaban J connectivity index is 1.99. The molecule has 1 aliphatic rings. The topological polar surface area (TPSA) is 0 Å². The number of benzene rings is 1. The summed E-state index contributed by atoms with van der Waals surface area (Å²) in [6.45, 7) is 0. The zero-order valence-electron chi connectivity index (χ0n) is 8.96. The molecule has 3 aromatic rings. The maximum absolute atomic E-state index is 2.37. The van der Waals surface area contributed by atoms with Gasteiger partial charge in [-0.05, 0) is 0 Å². The van der Waals surface area contributed by atoms with Gasteiger partial charge in [0.05, 0.1) is 0 Å². The summed E-state index contributed by atoms with van der Waals surface area (Å²) in [5.74, 6) is 0. The standard InChI is InChI=1S/C8H4S2.C6H5.Bi/c1-2-8(10-4-1)7-3-5-9-6-7;1-2-4-6-5-3-1;/h1,3-5H;1-5H;. The van der Waals surface area contributed by atoms with E-state index < -0.39 is 21.8 Å². The van der Waals surface area contributed by atoms with Crippen LogP contribution >= 0.6 is 22.7 Å². The zero-order chi connectivity index (χ0) is 11.2. The van der Waals surface area contributed by atoms with Gasteiger partial charge in [0, 0.05) is 0 Å². The fraction of sp³-hybridized carbons (Fsp3) is 0. The summed E-state index contributed by atoms with van der Waals surface area (Å²) in [4.78, 5) is 1.56. The normalized spacial score (nSPS) is 13.6. The Labute approximate surface area is 116 Å². The molecule has 0 aliphatic carbocycles. The Morgan fingerprint density at radius 1 is 0.824 bits per heavy atom. The molecule has 3 heterocycles. The van der Waals surface area contributed by atoms with Crippen molar-refractivity contribution in [2.45, 2.75) is 0 Å². The van der Waals surface area contributed by atoms with Crippen LogP contribution in [0, 0.1) is 0 Å². The molecule has 0 nitrogen and oxygen atoms in total. The monoisotopic (exact) mass is 450 g/mol. The molecule has 82 valence electrons. The molecule has 0 unspecified atom stereocenters. The quantitative estimate of drug-likeness (QED) is 0.391. The molecular formula is C14H9BiS2. The first kappa shape index (κ1) is 10.4. The predicted octanol–water partition coefficient (Wildman–Crippen LogP) is 2.31. The van der Waals surface area contributed by atoms with Gasteiger partial charge in [-0.1, -0.05) is 0 Å². The second kappa shape index (κ2) is 4.01. The Kier molecular flexibility index (Phi) is 2.46. The number of fused-ring (bicyclic) bond motifs is 3. The first-order chi connectivity index (χ1) is 8.45. The molecule has 1 aromatic carbocycles. The molecule has 1 aliphatic heterocycles. The summed E-state index contributed by atoms with van der Waals surface area (Å²) in [6, 6.07) is 15.8. The average Bonchev–Trinajstić information content (AvgIpc) is 3.01. The fourth-order valence-corrected chi connectivity index (χ4v) is 18.2. The molecule has 0 bridgehead atoms. The maximum atomic E-state index is 2.37. The summed E-state index contributed by atoms with van der Waals surface area (Å²) in [5, 5.41) is 4.52. The minimum atomic E-state index is -1.84. The van der Waals surface area contributed by atoms with Crippen molar-refractivity contribution >= 4 is 53.6 Å². The Bertz CT molecular complexity index is 626. The van der Waals surface area contributed by atoms with Crippen molar-refractivity contribution in [1.82, 2.24) is 0 Å². The average molecular weight is 450 g/mol. The van der Waals surface area contributed by atoms with Crippen LogP contribution in [0.3, 0.4) is 0 Å². The summed E-state index contributed by atoms with van der Waals surface area (Å²) in [5.41, 5.74) is 1.54. The Morgan fingerprint density at radius 2 is 1.65 bits per heavy atom. The molecule has 4 rings (SSSR count). The summed E-state index contributed by atoms with van der Waals surface area (Å²) in [6.07, 6.45) is 0. The molecule has 0 saturated carbocycles. The molecule has 0 spiro atoms. The van der Waals surface area contributed by atoms with E-state index in [2.05, 4.69) is 53.2 Å². The number of rotatable bonds is 1. The van der Waals surface area contributed by atoms with Crippen LogP contribution in [0.5, 0.6) is 0 Å². The van der Waals surface area contributed by atoms with Gasteiger partial charge in [-0.3, -0.25) is 0 Å². The van der Waals surface area contributed by atoms with Crippen LogP contribution in [0.25, 0.3) is 10.4 Å². The van der Waals surface area contributed by atoms with Crippen LogP contribution < -0.4 is 9.13 Å². The van der Waals surface area contributed by atoms with Gasteiger partial charge in [0.1, 0.15) is 0 Å². The van der Waals surface area contributed by atoms with Gasteiger partial charge < -0.3 is 0 Å². The van der Waals surface area contributed by atoms with E-state index in [4.69, 9.17) is 0 Å². The summed E-state index contributed by atoms with van der Waals surface area (Å²) in [7, 11) is 0. The fourth-order valence-electron chi connectivity index (χ4n) is 2.27. The van der Waals surface area contributed by atoms with Crippen molar-refractivity contribution in [3.63, 3.8) is 0 Å². The molecule has 0 radical (unpaired) electrons. The van der Waals surface area contributed by atoms with Gasteiger partial charge in [-0.15, -0.1) is 0 Å². The SMILES string of the molecule is c1cc[c]([Bi]2[c]3ccsc3-c3ccs[c]32)cc1. The first-order valence-corrected chi connectivity index (χ1v) is 12.4. The third-order valence-corrected chi connectivity index (χ3v) is 17.1. The molecule has 0 fully saturated rings. The van der Waals surface area contributed by atoms with Crippen LogP contribution in [-0.4, -0.2) is 21.8 Å². The van der Waals surface area contributed by atoms with E-state index >= 15 is 0 Å². The molecule has 0 amide bonds. The van der Waals surface area contributed by atoms with Crippen molar-refractivity contribution < 1.29 is 0 Å². The van der Waals surface area contributed by atoms with Crippen molar-refractivity contribution in [3.05, 3.63) is 53.2 Å². The minimum absolute atomic E-state index is 1.54. The van der Waals surface area contributed by atoms with E-state index in [9.17, 15) is 0 Å². The van der Waals surface area contributed by atoms with Crippen LogP contribution in [0.1, 0.15) is 0 Å². The van der Waals surface area contributed by atoms with Crippen molar-refractivity contribution in [3.8, 4) is 10.4 Å². The second-order valence-electron chi connectivity index (χ2n) is 3.95. The zero-order valence-corrected chi connectivity index (χ0v) is 14.1. The number of hydrogen-bond donors (Lipinski definition) is 0. The van der Waals surface area contributed by atoms with Crippen LogP contribution in [0.15, 0.2) is 53.2 Å². The first-order valence-electron chi connectivity index (χ1n) is 5.46. The number of hydrogen-bond acceptors (Lipinski definition) is 2.